The van der Waals surface area contributed by atoms with Gasteiger partial charge in [0.15, 0.2) is 5.13 Å². The first kappa shape index (κ1) is 17.3. The highest BCUT2D eigenvalue weighted by molar-refractivity contribution is 9.10. The van der Waals surface area contributed by atoms with Crippen LogP contribution in [0.2, 0.25) is 0 Å². The van der Waals surface area contributed by atoms with E-state index in [9.17, 15) is 9.59 Å². The smallest absolute Gasteiger partial charge is 0.257 e. The molecule has 2 N–H and O–H groups in total. The van der Waals surface area contributed by atoms with Gasteiger partial charge in [-0.1, -0.05) is 34.1 Å². The van der Waals surface area contributed by atoms with Gasteiger partial charge in [-0.15, -0.1) is 11.3 Å². The Balaban J connectivity index is 1.57. The maximum Gasteiger partial charge on any atom is 0.257 e. The van der Waals surface area contributed by atoms with Crippen LogP contribution < -0.4 is 10.6 Å². The lowest BCUT2D eigenvalue weighted by atomic mass is 10.2. The van der Waals surface area contributed by atoms with Gasteiger partial charge in [0.2, 0.25) is 5.91 Å². The predicted octanol–water partition coefficient (Wildman–Crippen LogP) is 4.34. The first-order valence-corrected chi connectivity index (χ1v) is 9.13. The van der Waals surface area contributed by atoms with E-state index < -0.39 is 0 Å². The quantitative estimate of drug-likeness (QED) is 0.650. The molecule has 1 aromatic heterocycles. The molecule has 0 spiro atoms. The van der Waals surface area contributed by atoms with E-state index >= 15 is 0 Å². The van der Waals surface area contributed by atoms with Crippen molar-refractivity contribution in [2.75, 3.05) is 10.6 Å². The average molecular weight is 416 g/mol. The van der Waals surface area contributed by atoms with Crippen molar-refractivity contribution in [3.05, 3.63) is 75.7 Å². The predicted molar refractivity (Wildman–Crippen MR) is 103 cm³/mol. The summed E-state index contributed by atoms with van der Waals surface area (Å²) in [5, 5.41) is 7.79. The fraction of sp³-hybridized carbons (Fsp3) is 0.0556. The Morgan fingerprint density at radius 3 is 2.44 bits per heavy atom. The van der Waals surface area contributed by atoms with E-state index in [1.54, 1.807) is 29.6 Å². The number of halogens is 1. The van der Waals surface area contributed by atoms with Crippen LogP contribution in [0.15, 0.2) is 64.5 Å². The Morgan fingerprint density at radius 1 is 1.00 bits per heavy atom. The molecule has 0 atom stereocenters. The van der Waals surface area contributed by atoms with Crippen LogP contribution in [0, 0.1) is 0 Å². The second-order valence-electron chi connectivity index (χ2n) is 5.20. The number of nitrogens with one attached hydrogen (secondary N) is 2. The molecule has 3 rings (SSSR count). The molecule has 0 fully saturated rings. The van der Waals surface area contributed by atoms with Gasteiger partial charge in [0.05, 0.1) is 12.1 Å². The second kappa shape index (κ2) is 8.04. The van der Waals surface area contributed by atoms with Crippen molar-refractivity contribution in [2.45, 2.75) is 6.42 Å². The van der Waals surface area contributed by atoms with Crippen LogP contribution in [0.3, 0.4) is 0 Å². The topological polar surface area (TPSA) is 71.1 Å². The van der Waals surface area contributed by atoms with Gasteiger partial charge in [-0.05, 0) is 36.4 Å². The summed E-state index contributed by atoms with van der Waals surface area (Å²) < 4.78 is 0.948. The van der Waals surface area contributed by atoms with Gasteiger partial charge >= 0.3 is 0 Å². The number of benzene rings is 2. The largest absolute Gasteiger partial charge is 0.326 e. The molecule has 7 heteroatoms. The minimum atomic E-state index is -0.221. The molecule has 25 heavy (non-hydrogen) atoms. The number of rotatable bonds is 5. The minimum Gasteiger partial charge on any atom is -0.326 e. The Hall–Kier alpha value is -2.51. The monoisotopic (exact) mass is 415 g/mol. The summed E-state index contributed by atoms with van der Waals surface area (Å²) in [7, 11) is 0. The molecule has 0 saturated carbocycles. The van der Waals surface area contributed by atoms with Crippen LogP contribution in [0.1, 0.15) is 16.1 Å². The Bertz CT molecular complexity index is 879. The second-order valence-corrected chi connectivity index (χ2v) is 6.97. The van der Waals surface area contributed by atoms with E-state index in [-0.39, 0.29) is 18.2 Å². The highest BCUT2D eigenvalue weighted by Crippen LogP contribution is 2.18. The molecule has 0 aliphatic carbocycles. The maximum absolute atomic E-state index is 12.1. The minimum absolute atomic E-state index is 0.147. The van der Waals surface area contributed by atoms with Crippen molar-refractivity contribution >= 4 is 49.9 Å². The fourth-order valence-electron chi connectivity index (χ4n) is 2.11. The van der Waals surface area contributed by atoms with E-state index in [2.05, 4.69) is 31.5 Å². The zero-order valence-electron chi connectivity index (χ0n) is 13.0. The van der Waals surface area contributed by atoms with E-state index in [0.717, 1.165) is 10.2 Å². The van der Waals surface area contributed by atoms with Gasteiger partial charge in [-0.3, -0.25) is 14.9 Å². The number of amides is 2. The lowest BCUT2D eigenvalue weighted by Crippen LogP contribution is -2.15. The molecule has 0 unspecified atom stereocenters. The molecule has 0 radical (unpaired) electrons. The van der Waals surface area contributed by atoms with Crippen molar-refractivity contribution in [1.29, 1.82) is 0 Å². The number of nitrogens with zero attached hydrogens (tertiary/aromatic N) is 1. The molecule has 1 heterocycles. The van der Waals surface area contributed by atoms with Gasteiger partial charge in [-0.25, -0.2) is 4.98 Å². The number of aromatic nitrogens is 1. The summed E-state index contributed by atoms with van der Waals surface area (Å²) in [5.41, 5.74) is 1.90. The van der Waals surface area contributed by atoms with Crippen LogP contribution in [0.5, 0.6) is 0 Å². The first-order chi connectivity index (χ1) is 12.1. The summed E-state index contributed by atoms with van der Waals surface area (Å²) in [4.78, 5) is 28.5. The summed E-state index contributed by atoms with van der Waals surface area (Å²) in [5.74, 6) is -0.380. The molecule has 2 aromatic carbocycles. The third-order valence-electron chi connectivity index (χ3n) is 3.28. The third-order valence-corrected chi connectivity index (χ3v) is 4.61. The van der Waals surface area contributed by atoms with Crippen LogP contribution in [-0.2, 0) is 11.2 Å². The SMILES string of the molecule is O=C(Cc1csc(NC(=O)c2ccccc2)n1)Nc1ccc(Br)cc1. The van der Waals surface area contributed by atoms with E-state index in [0.29, 0.717) is 16.4 Å². The summed E-state index contributed by atoms with van der Waals surface area (Å²) >= 11 is 4.64. The Labute approximate surface area is 157 Å². The van der Waals surface area contributed by atoms with Crippen molar-refractivity contribution in [2.24, 2.45) is 0 Å². The van der Waals surface area contributed by atoms with Crippen LogP contribution in [-0.4, -0.2) is 16.8 Å². The van der Waals surface area contributed by atoms with Gasteiger partial charge < -0.3 is 5.32 Å². The van der Waals surface area contributed by atoms with E-state index in [1.165, 1.54) is 11.3 Å². The molecule has 0 bridgehead atoms. The van der Waals surface area contributed by atoms with Crippen LogP contribution in [0.25, 0.3) is 0 Å². The van der Waals surface area contributed by atoms with Gasteiger partial charge in [0, 0.05) is 21.1 Å². The molecule has 5 nitrogen and oxygen atoms in total. The van der Waals surface area contributed by atoms with Crippen LogP contribution in [0.4, 0.5) is 10.8 Å². The summed E-state index contributed by atoms with van der Waals surface area (Å²) in [6.07, 6.45) is 0.147. The highest BCUT2D eigenvalue weighted by Gasteiger charge is 2.11. The molecular weight excluding hydrogens is 402 g/mol. The average Bonchev–Trinajstić information content (AvgIpc) is 3.04. The maximum atomic E-state index is 12.1. The lowest BCUT2D eigenvalue weighted by Gasteiger charge is -2.04. The van der Waals surface area contributed by atoms with Crippen LogP contribution >= 0.6 is 27.3 Å². The van der Waals surface area contributed by atoms with Gasteiger partial charge in [0.1, 0.15) is 0 Å². The zero-order chi connectivity index (χ0) is 17.6. The Morgan fingerprint density at radius 2 is 1.72 bits per heavy atom. The number of hydrogen-bond donors (Lipinski definition) is 2. The zero-order valence-corrected chi connectivity index (χ0v) is 15.4. The summed E-state index contributed by atoms with van der Waals surface area (Å²) in [6.45, 7) is 0. The number of anilines is 2. The van der Waals surface area contributed by atoms with Gasteiger partial charge in [-0.2, -0.15) is 0 Å². The normalized spacial score (nSPS) is 10.3. The number of carbonyl (C=O) groups excluding carboxylic acids is 2. The number of thiazole rings is 1. The van der Waals surface area contributed by atoms with E-state index in [1.807, 2.05) is 30.3 Å². The summed E-state index contributed by atoms with van der Waals surface area (Å²) in [6, 6.07) is 16.3. The third kappa shape index (κ3) is 4.98. The molecular formula is C18H14BrN3O2S. The Kier molecular flexibility index (Phi) is 5.57. The van der Waals surface area contributed by atoms with Crippen molar-refractivity contribution in [1.82, 2.24) is 4.98 Å². The molecule has 0 aliphatic rings. The number of hydrogen-bond acceptors (Lipinski definition) is 4. The number of carbonyl (C=O) groups is 2. The molecule has 0 aliphatic heterocycles. The molecule has 3 aromatic rings. The highest BCUT2D eigenvalue weighted by atomic mass is 79.9. The lowest BCUT2D eigenvalue weighted by molar-refractivity contribution is -0.115. The molecule has 126 valence electrons. The van der Waals surface area contributed by atoms with E-state index in [4.69, 9.17) is 0 Å². The van der Waals surface area contributed by atoms with Gasteiger partial charge in [0.25, 0.3) is 5.91 Å². The first-order valence-electron chi connectivity index (χ1n) is 7.46. The van der Waals surface area contributed by atoms with Crippen molar-refractivity contribution in [3.8, 4) is 0 Å². The standard InChI is InChI=1S/C18H14BrN3O2S/c19-13-6-8-14(9-7-13)20-16(23)10-15-11-25-18(21-15)22-17(24)12-4-2-1-3-5-12/h1-9,11H,10H2,(H,20,23)(H,21,22,24). The molecule has 0 saturated heterocycles. The van der Waals surface area contributed by atoms with Crippen molar-refractivity contribution < 1.29 is 9.59 Å². The van der Waals surface area contributed by atoms with Crippen molar-refractivity contribution in [3.63, 3.8) is 0 Å². The fourth-order valence-corrected chi connectivity index (χ4v) is 3.08. The molecule has 2 amide bonds.